The maximum atomic E-state index is 8.50. The van der Waals surface area contributed by atoms with Gasteiger partial charge in [0.1, 0.15) is 0 Å². The zero-order valence-corrected chi connectivity index (χ0v) is 10.4. The van der Waals surface area contributed by atoms with Crippen LogP contribution in [0.5, 0.6) is 0 Å². The normalized spacial score (nSPS) is 10.9. The molecule has 0 fully saturated rings. The third kappa shape index (κ3) is 9.06. The van der Waals surface area contributed by atoms with Crippen LogP contribution in [0.15, 0.2) is 0 Å². The van der Waals surface area contributed by atoms with Crippen LogP contribution in [-0.4, -0.2) is 60.1 Å². The van der Waals surface area contributed by atoms with Crippen LogP contribution < -0.4 is 0 Å². The van der Waals surface area contributed by atoms with E-state index in [4.69, 9.17) is 25.2 Å². The number of ether oxygens (including phenoxy) is 1. The van der Waals surface area contributed by atoms with E-state index in [1.165, 1.54) is 0 Å². The molecule has 0 amide bonds. The third-order valence-electron chi connectivity index (χ3n) is 2.04. The molecular weight excluding hydrogens is 212 g/mol. The van der Waals surface area contributed by atoms with Crippen LogP contribution in [0.4, 0.5) is 0 Å². The van der Waals surface area contributed by atoms with Gasteiger partial charge >= 0.3 is 0 Å². The summed E-state index contributed by atoms with van der Waals surface area (Å²) in [4.78, 5) is 0. The molecule has 0 aromatic rings. The van der Waals surface area contributed by atoms with Crippen LogP contribution >= 0.6 is 0 Å². The third-order valence-corrected chi connectivity index (χ3v) is 2.04. The Balaban J connectivity index is 0. The van der Waals surface area contributed by atoms with Crippen LogP contribution in [0.25, 0.3) is 0 Å². The standard InChI is InChI=1S/C6H14O.C5H12O4/c1-3-5-7-6-4-2;6-1-5(2-7,3-8)4-9/h3-6H2,1-2H3;6-9H,1-4H2. The minimum atomic E-state index is -1.11. The van der Waals surface area contributed by atoms with Gasteiger partial charge in [0, 0.05) is 13.2 Å². The first-order valence-electron chi connectivity index (χ1n) is 5.67. The van der Waals surface area contributed by atoms with E-state index in [0.717, 1.165) is 26.1 Å². The fourth-order valence-electron chi connectivity index (χ4n) is 0.691. The Morgan fingerprint density at radius 2 is 1.06 bits per heavy atom. The van der Waals surface area contributed by atoms with Gasteiger partial charge in [0.05, 0.1) is 31.8 Å². The van der Waals surface area contributed by atoms with Gasteiger partial charge in [-0.3, -0.25) is 0 Å². The quantitative estimate of drug-likeness (QED) is 0.438. The van der Waals surface area contributed by atoms with Gasteiger partial charge in [-0.25, -0.2) is 0 Å². The second-order valence-corrected chi connectivity index (χ2v) is 3.74. The molecule has 5 nitrogen and oxygen atoms in total. The Labute approximate surface area is 97.7 Å². The summed E-state index contributed by atoms with van der Waals surface area (Å²) < 4.78 is 5.13. The monoisotopic (exact) mass is 238 g/mol. The van der Waals surface area contributed by atoms with Crippen molar-refractivity contribution in [2.45, 2.75) is 26.7 Å². The minimum Gasteiger partial charge on any atom is -0.396 e. The Morgan fingerprint density at radius 3 is 1.19 bits per heavy atom. The van der Waals surface area contributed by atoms with E-state index >= 15 is 0 Å². The second kappa shape index (κ2) is 12.9. The Bertz CT molecular complexity index is 104. The first-order chi connectivity index (χ1) is 7.66. The van der Waals surface area contributed by atoms with Crippen molar-refractivity contribution in [1.82, 2.24) is 0 Å². The number of aliphatic hydroxyl groups excluding tert-OH is 4. The van der Waals surface area contributed by atoms with Gasteiger partial charge in [-0.15, -0.1) is 0 Å². The van der Waals surface area contributed by atoms with Gasteiger partial charge < -0.3 is 25.2 Å². The van der Waals surface area contributed by atoms with Gasteiger partial charge in [-0.1, -0.05) is 13.8 Å². The molecule has 4 N–H and O–H groups in total. The lowest BCUT2D eigenvalue weighted by Gasteiger charge is -2.23. The highest BCUT2D eigenvalue weighted by atomic mass is 16.5. The lowest BCUT2D eigenvalue weighted by Crippen LogP contribution is -2.37. The molecule has 5 heteroatoms. The predicted molar refractivity (Wildman–Crippen MR) is 62.2 cm³/mol. The van der Waals surface area contributed by atoms with Crippen molar-refractivity contribution in [2.75, 3.05) is 39.6 Å². The molecule has 0 rings (SSSR count). The lowest BCUT2D eigenvalue weighted by molar-refractivity contribution is -0.0328. The first kappa shape index (κ1) is 18.2. The zero-order chi connectivity index (χ0) is 12.9. The van der Waals surface area contributed by atoms with Crippen LogP contribution in [-0.2, 0) is 4.74 Å². The summed E-state index contributed by atoms with van der Waals surface area (Å²) in [5.74, 6) is 0. The highest BCUT2D eigenvalue weighted by Crippen LogP contribution is 2.11. The maximum Gasteiger partial charge on any atom is 0.0627 e. The van der Waals surface area contributed by atoms with Crippen LogP contribution in [0.3, 0.4) is 0 Å². The van der Waals surface area contributed by atoms with E-state index in [0.29, 0.717) is 0 Å². The summed E-state index contributed by atoms with van der Waals surface area (Å²) in [6.07, 6.45) is 2.28. The Kier molecular flexibility index (Phi) is 14.6. The number of aliphatic hydroxyl groups is 4. The molecule has 0 spiro atoms. The summed E-state index contributed by atoms with van der Waals surface area (Å²) >= 11 is 0. The van der Waals surface area contributed by atoms with E-state index in [9.17, 15) is 0 Å². The predicted octanol–water partition coefficient (Wildman–Crippen LogP) is -0.235. The van der Waals surface area contributed by atoms with Gasteiger partial charge in [0.2, 0.25) is 0 Å². The number of hydrogen-bond acceptors (Lipinski definition) is 5. The molecule has 0 atom stereocenters. The highest BCUT2D eigenvalue weighted by Gasteiger charge is 2.26. The highest BCUT2D eigenvalue weighted by molar-refractivity contribution is 4.74. The first-order valence-corrected chi connectivity index (χ1v) is 5.67. The van der Waals surface area contributed by atoms with Crippen molar-refractivity contribution in [2.24, 2.45) is 5.41 Å². The number of hydrogen-bond donors (Lipinski definition) is 4. The van der Waals surface area contributed by atoms with Crippen molar-refractivity contribution in [1.29, 1.82) is 0 Å². The second-order valence-electron chi connectivity index (χ2n) is 3.74. The zero-order valence-electron chi connectivity index (χ0n) is 10.4. The molecule has 0 aliphatic rings. The molecule has 0 saturated carbocycles. The summed E-state index contributed by atoms with van der Waals surface area (Å²) in [6.45, 7) is 4.47. The molecule has 0 radical (unpaired) electrons. The smallest absolute Gasteiger partial charge is 0.0627 e. The van der Waals surface area contributed by atoms with Crippen molar-refractivity contribution in [3.8, 4) is 0 Å². The maximum absolute atomic E-state index is 8.50. The summed E-state index contributed by atoms with van der Waals surface area (Å²) in [7, 11) is 0. The molecule has 0 heterocycles. The Morgan fingerprint density at radius 1 is 0.750 bits per heavy atom. The fraction of sp³-hybridized carbons (Fsp3) is 1.00. The van der Waals surface area contributed by atoms with Crippen molar-refractivity contribution >= 4 is 0 Å². The van der Waals surface area contributed by atoms with Gasteiger partial charge in [0.25, 0.3) is 0 Å². The van der Waals surface area contributed by atoms with Gasteiger partial charge in [-0.2, -0.15) is 0 Å². The van der Waals surface area contributed by atoms with E-state index < -0.39 is 31.8 Å². The largest absolute Gasteiger partial charge is 0.396 e. The van der Waals surface area contributed by atoms with Crippen LogP contribution in [0.1, 0.15) is 26.7 Å². The molecule has 0 aliphatic heterocycles. The average Bonchev–Trinajstić information content (AvgIpc) is 2.34. The van der Waals surface area contributed by atoms with Crippen LogP contribution in [0.2, 0.25) is 0 Å². The molecule has 0 aliphatic carbocycles. The molecular formula is C11H26O5. The molecule has 0 unspecified atom stereocenters. The van der Waals surface area contributed by atoms with E-state index in [1.807, 2.05) is 0 Å². The average molecular weight is 238 g/mol. The van der Waals surface area contributed by atoms with E-state index in [1.54, 1.807) is 0 Å². The van der Waals surface area contributed by atoms with Crippen molar-refractivity contribution in [3.63, 3.8) is 0 Å². The summed E-state index contributed by atoms with van der Waals surface area (Å²) in [6, 6.07) is 0. The topological polar surface area (TPSA) is 90.2 Å². The summed E-state index contributed by atoms with van der Waals surface area (Å²) in [5, 5.41) is 34.0. The van der Waals surface area contributed by atoms with E-state index in [2.05, 4.69) is 13.8 Å². The van der Waals surface area contributed by atoms with Gasteiger partial charge in [0.15, 0.2) is 0 Å². The summed E-state index contributed by atoms with van der Waals surface area (Å²) in [5.41, 5.74) is -1.11. The van der Waals surface area contributed by atoms with Crippen LogP contribution in [0, 0.1) is 5.41 Å². The molecule has 100 valence electrons. The van der Waals surface area contributed by atoms with E-state index in [-0.39, 0.29) is 0 Å². The Hall–Kier alpha value is -0.200. The van der Waals surface area contributed by atoms with Crippen molar-refractivity contribution in [3.05, 3.63) is 0 Å². The fourth-order valence-corrected chi connectivity index (χ4v) is 0.691. The number of rotatable bonds is 8. The SMILES string of the molecule is CCCOCCC.OCC(CO)(CO)CO. The molecule has 0 bridgehead atoms. The van der Waals surface area contributed by atoms with Crippen molar-refractivity contribution < 1.29 is 25.2 Å². The van der Waals surface area contributed by atoms with Gasteiger partial charge in [-0.05, 0) is 12.8 Å². The molecule has 0 saturated heterocycles. The molecule has 0 aromatic carbocycles. The molecule has 0 aromatic heterocycles. The minimum absolute atomic E-state index is 0.406. The lowest BCUT2D eigenvalue weighted by atomic mass is 9.93. The molecule has 16 heavy (non-hydrogen) atoms.